The predicted molar refractivity (Wildman–Crippen MR) is 102 cm³/mol. The van der Waals surface area contributed by atoms with Gasteiger partial charge in [0.05, 0.1) is 12.1 Å². The van der Waals surface area contributed by atoms with Crippen LogP contribution < -0.4 is 10.2 Å². The Kier molecular flexibility index (Phi) is 5.49. The molecule has 1 aromatic carbocycles. The summed E-state index contributed by atoms with van der Waals surface area (Å²) in [6, 6.07) is 11.8. The molecule has 1 N–H and O–H groups in total. The monoisotopic (exact) mass is 349 g/mol. The number of benzene rings is 1. The highest BCUT2D eigenvalue weighted by Gasteiger charge is 2.21. The summed E-state index contributed by atoms with van der Waals surface area (Å²) in [5.41, 5.74) is 3.71. The van der Waals surface area contributed by atoms with Crippen molar-refractivity contribution in [2.45, 2.75) is 13.8 Å². The van der Waals surface area contributed by atoms with E-state index in [1.807, 2.05) is 26.0 Å². The molecule has 0 aliphatic carbocycles. The number of nitrogens with zero attached hydrogens (tertiary/aromatic N) is 4. The lowest BCUT2D eigenvalue weighted by Gasteiger charge is -2.35. The van der Waals surface area contributed by atoms with E-state index in [1.165, 1.54) is 0 Å². The lowest BCUT2D eigenvalue weighted by atomic mass is 10.1. The number of aryl methyl sites for hydroxylation is 2. The number of hydrogen-bond acceptors (Lipinski definition) is 5. The van der Waals surface area contributed by atoms with E-state index in [0.717, 1.165) is 48.8 Å². The minimum Gasteiger partial charge on any atom is -0.353 e. The second-order valence-electron chi connectivity index (χ2n) is 6.67. The SMILES string of the molecule is Cc1cc(C)cc(NC(=O)CN2CCN(c3ncccc3C#N)CC2)c1. The zero-order chi connectivity index (χ0) is 18.5. The standard InChI is InChI=1S/C20H23N5O/c1-15-10-16(2)12-18(11-15)23-19(26)14-24-6-8-25(9-7-24)20-17(13-21)4-3-5-22-20/h3-5,10-12H,6-9,14H2,1-2H3,(H,23,26). The van der Waals surface area contributed by atoms with Crippen LogP contribution in [-0.4, -0.2) is 48.5 Å². The van der Waals surface area contributed by atoms with Crippen LogP contribution in [0, 0.1) is 25.2 Å². The van der Waals surface area contributed by atoms with Crippen molar-refractivity contribution in [3.05, 3.63) is 53.2 Å². The molecule has 0 bridgehead atoms. The third kappa shape index (κ3) is 4.38. The van der Waals surface area contributed by atoms with Crippen LogP contribution in [0.25, 0.3) is 0 Å². The molecule has 0 atom stereocenters. The van der Waals surface area contributed by atoms with E-state index in [1.54, 1.807) is 18.3 Å². The average molecular weight is 349 g/mol. The number of piperazine rings is 1. The van der Waals surface area contributed by atoms with Gasteiger partial charge in [-0.25, -0.2) is 4.98 Å². The Morgan fingerprint density at radius 3 is 2.54 bits per heavy atom. The molecule has 1 aliphatic heterocycles. The van der Waals surface area contributed by atoms with Gasteiger partial charge in [-0.2, -0.15) is 5.26 Å². The maximum absolute atomic E-state index is 12.3. The zero-order valence-corrected chi connectivity index (χ0v) is 15.2. The highest BCUT2D eigenvalue weighted by Crippen LogP contribution is 2.18. The van der Waals surface area contributed by atoms with Crippen LogP contribution in [0.2, 0.25) is 0 Å². The highest BCUT2D eigenvalue weighted by atomic mass is 16.2. The Balaban J connectivity index is 1.54. The van der Waals surface area contributed by atoms with E-state index in [4.69, 9.17) is 0 Å². The minimum absolute atomic E-state index is 0.000926. The third-order valence-electron chi connectivity index (χ3n) is 4.45. The van der Waals surface area contributed by atoms with Crippen LogP contribution in [0.3, 0.4) is 0 Å². The second kappa shape index (κ2) is 7.98. The van der Waals surface area contributed by atoms with E-state index in [2.05, 4.69) is 32.2 Å². The first-order valence-electron chi connectivity index (χ1n) is 8.76. The summed E-state index contributed by atoms with van der Waals surface area (Å²) in [5.74, 6) is 0.730. The van der Waals surface area contributed by atoms with Crippen molar-refractivity contribution in [1.82, 2.24) is 9.88 Å². The van der Waals surface area contributed by atoms with Gasteiger partial charge in [-0.1, -0.05) is 6.07 Å². The molecule has 1 fully saturated rings. The summed E-state index contributed by atoms with van der Waals surface area (Å²) < 4.78 is 0. The van der Waals surface area contributed by atoms with E-state index >= 15 is 0 Å². The second-order valence-corrected chi connectivity index (χ2v) is 6.67. The van der Waals surface area contributed by atoms with Crippen molar-refractivity contribution < 1.29 is 4.79 Å². The summed E-state index contributed by atoms with van der Waals surface area (Å²) >= 11 is 0. The molecule has 0 unspecified atom stereocenters. The molecule has 0 spiro atoms. The molecule has 1 aromatic heterocycles. The van der Waals surface area contributed by atoms with Crippen LogP contribution in [-0.2, 0) is 4.79 Å². The molecule has 26 heavy (non-hydrogen) atoms. The fourth-order valence-corrected chi connectivity index (χ4v) is 3.30. The third-order valence-corrected chi connectivity index (χ3v) is 4.45. The molecule has 0 saturated carbocycles. The van der Waals surface area contributed by atoms with E-state index in [9.17, 15) is 10.1 Å². The number of amides is 1. The quantitative estimate of drug-likeness (QED) is 0.917. The van der Waals surface area contributed by atoms with Crippen molar-refractivity contribution in [3.63, 3.8) is 0 Å². The summed E-state index contributed by atoms with van der Waals surface area (Å²) in [6.45, 7) is 7.45. The van der Waals surface area contributed by atoms with Crippen molar-refractivity contribution in [2.75, 3.05) is 42.9 Å². The van der Waals surface area contributed by atoms with Gasteiger partial charge in [0.2, 0.25) is 5.91 Å². The number of carbonyl (C=O) groups excluding carboxylic acids is 1. The van der Waals surface area contributed by atoms with Crippen LogP contribution >= 0.6 is 0 Å². The molecule has 134 valence electrons. The largest absolute Gasteiger partial charge is 0.353 e. The normalized spacial score (nSPS) is 14.7. The van der Waals surface area contributed by atoms with Crippen LogP contribution in [0.1, 0.15) is 16.7 Å². The lowest BCUT2D eigenvalue weighted by molar-refractivity contribution is -0.117. The first-order valence-corrected chi connectivity index (χ1v) is 8.76. The molecular weight excluding hydrogens is 326 g/mol. The topological polar surface area (TPSA) is 72.3 Å². The Labute approximate surface area is 154 Å². The smallest absolute Gasteiger partial charge is 0.238 e. The molecule has 3 rings (SSSR count). The number of hydrogen-bond donors (Lipinski definition) is 1. The van der Waals surface area contributed by atoms with Crippen molar-refractivity contribution >= 4 is 17.4 Å². The lowest BCUT2D eigenvalue weighted by Crippen LogP contribution is -2.49. The van der Waals surface area contributed by atoms with Crippen molar-refractivity contribution in [2.24, 2.45) is 0 Å². The fraction of sp³-hybridized carbons (Fsp3) is 0.350. The molecule has 2 aromatic rings. The predicted octanol–water partition coefficient (Wildman–Crippen LogP) is 2.33. The maximum Gasteiger partial charge on any atom is 0.238 e. The molecule has 1 amide bonds. The van der Waals surface area contributed by atoms with Gasteiger partial charge in [0, 0.05) is 38.1 Å². The highest BCUT2D eigenvalue weighted by molar-refractivity contribution is 5.92. The number of rotatable bonds is 4. The molecule has 2 heterocycles. The van der Waals surface area contributed by atoms with Crippen LogP contribution in [0.4, 0.5) is 11.5 Å². The Morgan fingerprint density at radius 2 is 1.88 bits per heavy atom. The molecule has 1 saturated heterocycles. The molecule has 6 heteroatoms. The number of pyridine rings is 1. The first kappa shape index (κ1) is 17.9. The maximum atomic E-state index is 12.3. The summed E-state index contributed by atoms with van der Waals surface area (Å²) in [5, 5.41) is 12.2. The van der Waals surface area contributed by atoms with Gasteiger partial charge in [0.25, 0.3) is 0 Å². The Bertz CT molecular complexity index is 814. The van der Waals surface area contributed by atoms with E-state index in [-0.39, 0.29) is 5.91 Å². The van der Waals surface area contributed by atoms with Gasteiger partial charge in [0.15, 0.2) is 0 Å². The van der Waals surface area contributed by atoms with Gasteiger partial charge in [-0.3, -0.25) is 9.69 Å². The van der Waals surface area contributed by atoms with Gasteiger partial charge in [-0.15, -0.1) is 0 Å². The molecule has 6 nitrogen and oxygen atoms in total. The van der Waals surface area contributed by atoms with Crippen molar-refractivity contribution in [3.8, 4) is 6.07 Å². The molecular formula is C20H23N5O. The van der Waals surface area contributed by atoms with Gasteiger partial charge in [-0.05, 0) is 49.2 Å². The number of anilines is 2. The van der Waals surface area contributed by atoms with Gasteiger partial charge in [0.1, 0.15) is 11.9 Å². The van der Waals surface area contributed by atoms with Crippen LogP contribution in [0.15, 0.2) is 36.5 Å². The molecule has 0 radical (unpaired) electrons. The number of carbonyl (C=O) groups is 1. The Hall–Kier alpha value is -2.91. The summed E-state index contributed by atoms with van der Waals surface area (Å²) in [7, 11) is 0. The van der Waals surface area contributed by atoms with Gasteiger partial charge >= 0.3 is 0 Å². The number of aromatic nitrogens is 1. The van der Waals surface area contributed by atoms with Crippen LogP contribution in [0.5, 0.6) is 0 Å². The van der Waals surface area contributed by atoms with E-state index < -0.39 is 0 Å². The van der Waals surface area contributed by atoms with E-state index in [0.29, 0.717) is 12.1 Å². The molecule has 1 aliphatic rings. The van der Waals surface area contributed by atoms with Gasteiger partial charge < -0.3 is 10.2 Å². The minimum atomic E-state index is -0.000926. The summed E-state index contributed by atoms with van der Waals surface area (Å²) in [4.78, 5) is 20.9. The zero-order valence-electron chi connectivity index (χ0n) is 15.2. The fourth-order valence-electron chi connectivity index (χ4n) is 3.30. The number of nitrogens with one attached hydrogen (secondary N) is 1. The average Bonchev–Trinajstić information content (AvgIpc) is 2.61. The van der Waals surface area contributed by atoms with Crippen molar-refractivity contribution in [1.29, 1.82) is 5.26 Å². The Morgan fingerprint density at radius 1 is 1.19 bits per heavy atom. The number of nitriles is 1. The summed E-state index contributed by atoms with van der Waals surface area (Å²) in [6.07, 6.45) is 1.71. The first-order chi connectivity index (χ1) is 12.5.